The van der Waals surface area contributed by atoms with Gasteiger partial charge in [0.2, 0.25) is 0 Å². The molecule has 1 unspecified atom stereocenters. The summed E-state index contributed by atoms with van der Waals surface area (Å²) in [5.74, 6) is 0. The maximum atomic E-state index is 10.1. The monoisotopic (exact) mass is 253 g/mol. The second-order valence-electron chi connectivity index (χ2n) is 3.35. The van der Waals surface area contributed by atoms with Crippen LogP contribution in [0.15, 0.2) is 42.7 Å². The normalized spacial score (nSPS) is 12.4. The van der Waals surface area contributed by atoms with Crippen molar-refractivity contribution in [2.75, 3.05) is 0 Å². The standard InChI is InChI=1S/C12H9Cl2NO/c13-9-3-4-11(14)10(6-9)12(16)8-2-1-5-15-7-8/h1-7,12,16H. The highest BCUT2D eigenvalue weighted by Crippen LogP contribution is 2.29. The molecule has 4 heteroatoms. The highest BCUT2D eigenvalue weighted by molar-refractivity contribution is 6.33. The van der Waals surface area contributed by atoms with E-state index in [-0.39, 0.29) is 0 Å². The van der Waals surface area contributed by atoms with E-state index < -0.39 is 6.10 Å². The molecule has 0 fully saturated rings. The maximum Gasteiger partial charge on any atom is 0.107 e. The molecule has 0 aliphatic rings. The van der Waals surface area contributed by atoms with Crippen molar-refractivity contribution in [2.24, 2.45) is 0 Å². The molecule has 0 amide bonds. The van der Waals surface area contributed by atoms with Gasteiger partial charge in [0.1, 0.15) is 6.10 Å². The Kier molecular flexibility index (Phi) is 3.44. The van der Waals surface area contributed by atoms with Crippen molar-refractivity contribution < 1.29 is 5.11 Å². The molecule has 2 nitrogen and oxygen atoms in total. The Morgan fingerprint density at radius 3 is 2.69 bits per heavy atom. The summed E-state index contributed by atoms with van der Waals surface area (Å²) in [6.07, 6.45) is 2.44. The average molecular weight is 254 g/mol. The number of hydrogen-bond donors (Lipinski definition) is 1. The predicted molar refractivity (Wildman–Crippen MR) is 64.8 cm³/mol. The second kappa shape index (κ2) is 4.83. The first-order valence-corrected chi connectivity index (χ1v) is 5.47. The van der Waals surface area contributed by atoms with E-state index >= 15 is 0 Å². The van der Waals surface area contributed by atoms with E-state index in [9.17, 15) is 5.11 Å². The van der Waals surface area contributed by atoms with E-state index in [0.717, 1.165) is 0 Å². The number of halogens is 2. The van der Waals surface area contributed by atoms with Crippen LogP contribution in [0.25, 0.3) is 0 Å². The lowest BCUT2D eigenvalue weighted by Gasteiger charge is -2.12. The SMILES string of the molecule is OC(c1cccnc1)c1cc(Cl)ccc1Cl. The molecule has 2 aromatic rings. The van der Waals surface area contributed by atoms with Gasteiger partial charge in [-0.15, -0.1) is 0 Å². The van der Waals surface area contributed by atoms with Crippen LogP contribution in [0.2, 0.25) is 10.0 Å². The first-order valence-electron chi connectivity index (χ1n) is 4.71. The van der Waals surface area contributed by atoms with Gasteiger partial charge in [-0.2, -0.15) is 0 Å². The van der Waals surface area contributed by atoms with Crippen molar-refractivity contribution in [3.8, 4) is 0 Å². The molecule has 1 atom stereocenters. The Balaban J connectivity index is 2.41. The predicted octanol–water partition coefficient (Wildman–Crippen LogP) is 3.47. The number of aromatic nitrogens is 1. The van der Waals surface area contributed by atoms with Crippen LogP contribution in [0, 0.1) is 0 Å². The third-order valence-electron chi connectivity index (χ3n) is 2.25. The minimum atomic E-state index is -0.806. The molecule has 0 spiro atoms. The van der Waals surface area contributed by atoms with E-state index in [0.29, 0.717) is 21.2 Å². The Bertz CT molecular complexity index is 488. The van der Waals surface area contributed by atoms with Gasteiger partial charge in [0.15, 0.2) is 0 Å². The van der Waals surface area contributed by atoms with Gasteiger partial charge in [-0.1, -0.05) is 29.3 Å². The number of rotatable bonds is 2. The van der Waals surface area contributed by atoms with Crippen LogP contribution in [0.5, 0.6) is 0 Å². The molecule has 0 radical (unpaired) electrons. The zero-order chi connectivity index (χ0) is 11.5. The van der Waals surface area contributed by atoms with Crippen LogP contribution in [0.4, 0.5) is 0 Å². The fourth-order valence-electron chi connectivity index (χ4n) is 1.44. The van der Waals surface area contributed by atoms with Crippen LogP contribution in [0.3, 0.4) is 0 Å². The van der Waals surface area contributed by atoms with Gasteiger partial charge < -0.3 is 5.11 Å². The Hall–Kier alpha value is -1.09. The topological polar surface area (TPSA) is 33.1 Å². The van der Waals surface area contributed by atoms with Crippen LogP contribution in [0.1, 0.15) is 17.2 Å². The summed E-state index contributed by atoms with van der Waals surface area (Å²) in [5, 5.41) is 11.1. The highest BCUT2D eigenvalue weighted by Gasteiger charge is 2.14. The van der Waals surface area contributed by atoms with Crippen molar-refractivity contribution >= 4 is 23.2 Å². The fourth-order valence-corrected chi connectivity index (χ4v) is 1.84. The average Bonchev–Trinajstić information content (AvgIpc) is 2.32. The van der Waals surface area contributed by atoms with Crippen molar-refractivity contribution in [3.05, 3.63) is 63.9 Å². The lowest BCUT2D eigenvalue weighted by molar-refractivity contribution is 0.220. The zero-order valence-corrected chi connectivity index (χ0v) is 9.78. The minimum Gasteiger partial charge on any atom is -0.384 e. The van der Waals surface area contributed by atoms with Gasteiger partial charge in [0, 0.05) is 33.6 Å². The van der Waals surface area contributed by atoms with Crippen LogP contribution < -0.4 is 0 Å². The van der Waals surface area contributed by atoms with E-state index in [4.69, 9.17) is 23.2 Å². The van der Waals surface area contributed by atoms with E-state index in [2.05, 4.69) is 4.98 Å². The molecule has 1 N–H and O–H groups in total. The zero-order valence-electron chi connectivity index (χ0n) is 8.27. The molecule has 0 saturated heterocycles. The number of pyridine rings is 1. The van der Waals surface area contributed by atoms with Gasteiger partial charge >= 0.3 is 0 Å². The van der Waals surface area contributed by atoms with E-state index in [1.54, 1.807) is 42.7 Å². The number of nitrogens with zero attached hydrogens (tertiary/aromatic N) is 1. The molecule has 2 rings (SSSR count). The van der Waals surface area contributed by atoms with Crippen molar-refractivity contribution in [1.29, 1.82) is 0 Å². The Labute approximate surface area is 103 Å². The third kappa shape index (κ3) is 2.35. The molecule has 1 heterocycles. The van der Waals surface area contributed by atoms with Gasteiger partial charge in [0.25, 0.3) is 0 Å². The molecular weight excluding hydrogens is 245 g/mol. The largest absolute Gasteiger partial charge is 0.384 e. The van der Waals surface area contributed by atoms with Gasteiger partial charge in [-0.25, -0.2) is 0 Å². The summed E-state index contributed by atoms with van der Waals surface area (Å²) in [6, 6.07) is 8.55. The molecule has 82 valence electrons. The minimum absolute atomic E-state index is 0.487. The molecule has 1 aromatic carbocycles. The quantitative estimate of drug-likeness (QED) is 0.890. The first-order chi connectivity index (χ1) is 7.68. The molecule has 0 saturated carbocycles. The highest BCUT2D eigenvalue weighted by atomic mass is 35.5. The lowest BCUT2D eigenvalue weighted by atomic mass is 10.0. The van der Waals surface area contributed by atoms with Gasteiger partial charge in [0.05, 0.1) is 0 Å². The van der Waals surface area contributed by atoms with Crippen LogP contribution in [-0.4, -0.2) is 10.1 Å². The molecule has 0 bridgehead atoms. The Morgan fingerprint density at radius 2 is 2.00 bits per heavy atom. The molecule has 0 aliphatic heterocycles. The maximum absolute atomic E-state index is 10.1. The van der Waals surface area contributed by atoms with Crippen LogP contribution >= 0.6 is 23.2 Å². The molecular formula is C12H9Cl2NO. The smallest absolute Gasteiger partial charge is 0.107 e. The van der Waals surface area contributed by atoms with E-state index in [1.807, 2.05) is 0 Å². The summed E-state index contributed by atoms with van der Waals surface area (Å²) in [4.78, 5) is 3.95. The van der Waals surface area contributed by atoms with Crippen molar-refractivity contribution in [1.82, 2.24) is 4.98 Å². The molecule has 16 heavy (non-hydrogen) atoms. The van der Waals surface area contributed by atoms with E-state index in [1.165, 1.54) is 0 Å². The van der Waals surface area contributed by atoms with Crippen molar-refractivity contribution in [3.63, 3.8) is 0 Å². The van der Waals surface area contributed by atoms with Gasteiger partial charge in [-0.05, 0) is 24.3 Å². The number of aliphatic hydroxyl groups excluding tert-OH is 1. The van der Waals surface area contributed by atoms with Gasteiger partial charge in [-0.3, -0.25) is 4.98 Å². The summed E-state index contributed by atoms with van der Waals surface area (Å²) in [6.45, 7) is 0. The molecule has 1 aromatic heterocycles. The third-order valence-corrected chi connectivity index (χ3v) is 2.83. The first kappa shape index (κ1) is 11.4. The number of hydrogen-bond acceptors (Lipinski definition) is 2. The Morgan fingerprint density at radius 1 is 1.19 bits per heavy atom. The summed E-state index contributed by atoms with van der Waals surface area (Å²) in [7, 11) is 0. The fraction of sp³-hybridized carbons (Fsp3) is 0.0833. The summed E-state index contributed by atoms with van der Waals surface area (Å²) >= 11 is 11.9. The number of aliphatic hydroxyl groups is 1. The number of benzene rings is 1. The lowest BCUT2D eigenvalue weighted by Crippen LogP contribution is -2.00. The van der Waals surface area contributed by atoms with Crippen LogP contribution in [-0.2, 0) is 0 Å². The van der Waals surface area contributed by atoms with Crippen molar-refractivity contribution in [2.45, 2.75) is 6.10 Å². The summed E-state index contributed by atoms with van der Waals surface area (Å²) in [5.41, 5.74) is 1.27. The summed E-state index contributed by atoms with van der Waals surface area (Å²) < 4.78 is 0. The second-order valence-corrected chi connectivity index (χ2v) is 4.20. The molecule has 0 aliphatic carbocycles.